The summed E-state index contributed by atoms with van der Waals surface area (Å²) in [6.45, 7) is 18.7. The van der Waals surface area contributed by atoms with Crippen LogP contribution in [0.25, 0.3) is 0 Å². The molecule has 0 aromatic heterocycles. The first-order valence-corrected chi connectivity index (χ1v) is 12.1. The number of hydrogen-bond donors (Lipinski definition) is 0. The molecular weight excluding hydrogens is 372 g/mol. The number of fused-ring (bicyclic) bond motifs is 1. The lowest BCUT2D eigenvalue weighted by Crippen LogP contribution is -2.41. The van der Waals surface area contributed by atoms with Crippen molar-refractivity contribution in [3.8, 4) is 0 Å². The van der Waals surface area contributed by atoms with Crippen LogP contribution in [0.1, 0.15) is 80.6 Å². The molecule has 0 radical (unpaired) electrons. The summed E-state index contributed by atoms with van der Waals surface area (Å²) in [5, 5.41) is 0. The zero-order chi connectivity index (χ0) is 22.3. The van der Waals surface area contributed by atoms with E-state index in [2.05, 4.69) is 82.2 Å². The van der Waals surface area contributed by atoms with Crippen LogP contribution < -0.4 is 0 Å². The Kier molecular flexibility index (Phi) is 6.64. The van der Waals surface area contributed by atoms with Gasteiger partial charge in [0.2, 0.25) is 0 Å². The second kappa shape index (κ2) is 8.58. The van der Waals surface area contributed by atoms with Crippen molar-refractivity contribution in [2.24, 2.45) is 9.98 Å². The fourth-order valence-electron chi connectivity index (χ4n) is 5.65. The van der Waals surface area contributed by atoms with Gasteiger partial charge in [-0.25, -0.2) is 9.98 Å². The standard InChI is InChI=1S/C24H46N6/c1-10-29-17-18(30(11-2)22(29)25-23(3,4)5)16-24(6,7)26-21-27(8)19-14-12-13-15-20(19)28(21)9/h18-20H,10-17H2,1-9H3/t18?,19-,20-/m1/s1. The Bertz CT molecular complexity index is 641. The lowest BCUT2D eigenvalue weighted by atomic mass is 9.91. The quantitative estimate of drug-likeness (QED) is 0.679. The van der Waals surface area contributed by atoms with Gasteiger partial charge in [-0.2, -0.15) is 0 Å². The van der Waals surface area contributed by atoms with Crippen molar-refractivity contribution in [3.05, 3.63) is 0 Å². The number of guanidine groups is 2. The molecule has 3 aliphatic rings. The first kappa shape index (κ1) is 23.2. The normalized spacial score (nSPS) is 29.3. The summed E-state index contributed by atoms with van der Waals surface area (Å²) in [4.78, 5) is 20.3. The molecule has 0 aromatic carbocycles. The molecule has 6 nitrogen and oxygen atoms in total. The van der Waals surface area contributed by atoms with E-state index in [9.17, 15) is 0 Å². The van der Waals surface area contributed by atoms with Crippen molar-refractivity contribution in [1.82, 2.24) is 19.6 Å². The van der Waals surface area contributed by atoms with E-state index in [4.69, 9.17) is 9.98 Å². The average Bonchev–Trinajstić information content (AvgIpc) is 3.09. The van der Waals surface area contributed by atoms with E-state index in [0.29, 0.717) is 18.1 Å². The Morgan fingerprint density at radius 2 is 1.40 bits per heavy atom. The molecule has 2 aliphatic heterocycles. The molecule has 0 amide bonds. The summed E-state index contributed by atoms with van der Waals surface area (Å²) >= 11 is 0. The molecule has 1 aliphatic carbocycles. The Balaban J connectivity index is 1.80. The van der Waals surface area contributed by atoms with Crippen LogP contribution in [-0.2, 0) is 0 Å². The van der Waals surface area contributed by atoms with Gasteiger partial charge in [-0.05, 0) is 67.7 Å². The van der Waals surface area contributed by atoms with Crippen molar-refractivity contribution in [3.63, 3.8) is 0 Å². The maximum Gasteiger partial charge on any atom is 0.197 e. The Labute approximate surface area is 185 Å². The Morgan fingerprint density at radius 3 is 1.87 bits per heavy atom. The third-order valence-electron chi connectivity index (χ3n) is 7.03. The van der Waals surface area contributed by atoms with Gasteiger partial charge in [0.05, 0.1) is 29.2 Å². The molecule has 2 saturated heterocycles. The maximum atomic E-state index is 5.36. The van der Waals surface area contributed by atoms with E-state index in [1.54, 1.807) is 0 Å². The predicted molar refractivity (Wildman–Crippen MR) is 128 cm³/mol. The van der Waals surface area contributed by atoms with Gasteiger partial charge in [-0.1, -0.05) is 12.8 Å². The van der Waals surface area contributed by atoms with Gasteiger partial charge in [0.25, 0.3) is 0 Å². The molecule has 2 heterocycles. The minimum atomic E-state index is -0.111. The lowest BCUT2D eigenvalue weighted by Gasteiger charge is -2.32. The summed E-state index contributed by atoms with van der Waals surface area (Å²) in [6.07, 6.45) is 6.35. The molecule has 6 heteroatoms. The molecule has 3 atom stereocenters. The highest BCUT2D eigenvalue weighted by molar-refractivity contribution is 5.84. The monoisotopic (exact) mass is 418 g/mol. The molecule has 0 N–H and O–H groups in total. The fourth-order valence-corrected chi connectivity index (χ4v) is 5.65. The second-order valence-electron chi connectivity index (χ2n) is 11.1. The van der Waals surface area contributed by atoms with E-state index in [1.165, 1.54) is 37.6 Å². The van der Waals surface area contributed by atoms with Crippen LogP contribution in [0.2, 0.25) is 0 Å². The Morgan fingerprint density at radius 1 is 0.833 bits per heavy atom. The van der Waals surface area contributed by atoms with Crippen molar-refractivity contribution < 1.29 is 0 Å². The first-order chi connectivity index (χ1) is 14.0. The van der Waals surface area contributed by atoms with E-state index in [1.807, 2.05) is 0 Å². The molecule has 30 heavy (non-hydrogen) atoms. The number of rotatable bonds is 5. The number of hydrogen-bond acceptors (Lipinski definition) is 2. The predicted octanol–water partition coefficient (Wildman–Crippen LogP) is 3.88. The van der Waals surface area contributed by atoms with Crippen LogP contribution in [0.3, 0.4) is 0 Å². The summed E-state index contributed by atoms with van der Waals surface area (Å²) < 4.78 is 0. The molecule has 0 bridgehead atoms. The maximum absolute atomic E-state index is 5.36. The van der Waals surface area contributed by atoms with Crippen molar-refractivity contribution in [1.29, 1.82) is 0 Å². The smallest absolute Gasteiger partial charge is 0.197 e. The van der Waals surface area contributed by atoms with Gasteiger partial charge in [-0.15, -0.1) is 0 Å². The molecular formula is C24H46N6. The average molecular weight is 419 g/mol. The van der Waals surface area contributed by atoms with Gasteiger partial charge in [0, 0.05) is 33.7 Å². The number of nitrogens with zero attached hydrogens (tertiary/aromatic N) is 6. The summed E-state index contributed by atoms with van der Waals surface area (Å²) in [5.41, 5.74) is -0.174. The minimum Gasteiger partial charge on any atom is -0.341 e. The van der Waals surface area contributed by atoms with Crippen LogP contribution in [-0.4, -0.2) is 94.5 Å². The summed E-state index contributed by atoms with van der Waals surface area (Å²) in [5.74, 6) is 2.36. The van der Waals surface area contributed by atoms with Crippen LogP contribution in [0.4, 0.5) is 0 Å². The van der Waals surface area contributed by atoms with Crippen LogP contribution in [0, 0.1) is 0 Å². The fraction of sp³-hybridized carbons (Fsp3) is 0.917. The highest BCUT2D eigenvalue weighted by Gasteiger charge is 2.43. The first-order valence-electron chi connectivity index (χ1n) is 12.1. The molecule has 1 unspecified atom stereocenters. The summed E-state index contributed by atoms with van der Waals surface area (Å²) in [7, 11) is 4.50. The van der Waals surface area contributed by atoms with Gasteiger partial charge in [0.15, 0.2) is 11.9 Å². The van der Waals surface area contributed by atoms with Gasteiger partial charge in [0.1, 0.15) is 0 Å². The highest BCUT2D eigenvalue weighted by Crippen LogP contribution is 2.34. The lowest BCUT2D eigenvalue weighted by molar-refractivity contribution is 0.233. The minimum absolute atomic E-state index is 0.0631. The second-order valence-corrected chi connectivity index (χ2v) is 11.1. The molecule has 0 aromatic rings. The van der Waals surface area contributed by atoms with Gasteiger partial charge >= 0.3 is 0 Å². The zero-order valence-electron chi connectivity index (χ0n) is 21.1. The van der Waals surface area contributed by atoms with Crippen LogP contribution in [0.15, 0.2) is 9.98 Å². The summed E-state index contributed by atoms with van der Waals surface area (Å²) in [6, 6.07) is 1.73. The van der Waals surface area contributed by atoms with Gasteiger partial charge < -0.3 is 19.6 Å². The Hall–Kier alpha value is -1.46. The van der Waals surface area contributed by atoms with E-state index in [-0.39, 0.29) is 11.1 Å². The van der Waals surface area contributed by atoms with E-state index >= 15 is 0 Å². The third-order valence-corrected chi connectivity index (χ3v) is 7.03. The highest BCUT2D eigenvalue weighted by atomic mass is 15.5. The van der Waals surface area contributed by atoms with E-state index < -0.39 is 0 Å². The molecule has 172 valence electrons. The molecule has 3 fully saturated rings. The molecule has 1 saturated carbocycles. The molecule has 0 spiro atoms. The number of likely N-dealkylation sites (N-methyl/N-ethyl adjacent to an activating group) is 4. The topological polar surface area (TPSA) is 37.7 Å². The number of aliphatic imine (C=N–C) groups is 2. The third kappa shape index (κ3) is 4.72. The largest absolute Gasteiger partial charge is 0.341 e. The van der Waals surface area contributed by atoms with Crippen LogP contribution >= 0.6 is 0 Å². The zero-order valence-corrected chi connectivity index (χ0v) is 21.1. The SMILES string of the molecule is CCN1CC(CC(C)(C)N=C2N(C)[C@@H]3CCCC[C@H]3N2C)N(CC)C1=NC(C)(C)C. The van der Waals surface area contributed by atoms with Crippen molar-refractivity contribution in [2.45, 2.75) is 110 Å². The van der Waals surface area contributed by atoms with Crippen LogP contribution in [0.5, 0.6) is 0 Å². The van der Waals surface area contributed by atoms with Gasteiger partial charge in [-0.3, -0.25) is 0 Å². The van der Waals surface area contributed by atoms with Crippen molar-refractivity contribution >= 4 is 11.9 Å². The van der Waals surface area contributed by atoms with E-state index in [0.717, 1.165) is 26.1 Å². The van der Waals surface area contributed by atoms with Crippen molar-refractivity contribution in [2.75, 3.05) is 33.7 Å². The molecule has 3 rings (SSSR count).